The third-order valence-electron chi connectivity index (χ3n) is 6.16. The monoisotopic (exact) mass is 622 g/mol. The zero-order valence-electron chi connectivity index (χ0n) is 25.4. The summed E-state index contributed by atoms with van der Waals surface area (Å²) in [7, 11) is 1.36. The Bertz CT molecular complexity index is 1230. The minimum Gasteiger partial charge on any atom is -0.493 e. The number of hydrogen-bond acceptors (Lipinski definition) is 12. The second kappa shape index (κ2) is 17.3. The molecule has 44 heavy (non-hydrogen) atoms. The summed E-state index contributed by atoms with van der Waals surface area (Å²) >= 11 is 0. The molecule has 0 spiro atoms. The summed E-state index contributed by atoms with van der Waals surface area (Å²) in [4.78, 5) is 42.4. The van der Waals surface area contributed by atoms with Gasteiger partial charge in [0.2, 0.25) is 6.79 Å². The molecule has 242 valence electrons. The number of nitrogens with zero attached hydrogens (tertiary/aromatic N) is 1. The number of carbonyl (C=O) groups excluding carboxylic acids is 3. The third kappa shape index (κ3) is 10.3. The van der Waals surface area contributed by atoms with Crippen LogP contribution in [0.25, 0.3) is 0 Å². The molecule has 2 aromatic rings. The lowest BCUT2D eigenvalue weighted by Crippen LogP contribution is -2.47. The Balaban J connectivity index is 1.75. The second-order valence-corrected chi connectivity index (χ2v) is 10.1. The zero-order valence-corrected chi connectivity index (χ0v) is 25.4. The van der Waals surface area contributed by atoms with Crippen LogP contribution in [-0.2, 0) is 33.3 Å². The van der Waals surface area contributed by atoms with Crippen LogP contribution in [0.4, 0.5) is 4.39 Å². The Labute approximate surface area is 255 Å². The van der Waals surface area contributed by atoms with E-state index in [-0.39, 0.29) is 42.9 Å². The molecule has 1 saturated heterocycles. The molecule has 3 rings (SSSR count). The summed E-state index contributed by atoms with van der Waals surface area (Å²) in [5.41, 5.74) is -0.235. The highest BCUT2D eigenvalue weighted by Crippen LogP contribution is 2.30. The summed E-state index contributed by atoms with van der Waals surface area (Å²) in [6.45, 7) is 6.88. The molecule has 13 nitrogen and oxygen atoms in total. The van der Waals surface area contributed by atoms with Gasteiger partial charge in [0.1, 0.15) is 30.4 Å². The third-order valence-corrected chi connectivity index (χ3v) is 6.16. The number of halogens is 1. The number of carbonyl (C=O) groups is 3. The highest BCUT2D eigenvalue weighted by Gasteiger charge is 2.37. The van der Waals surface area contributed by atoms with Gasteiger partial charge in [-0.05, 0) is 44.0 Å². The van der Waals surface area contributed by atoms with Crippen molar-refractivity contribution in [2.24, 2.45) is 5.92 Å². The molecule has 2 heterocycles. The predicted octanol–water partition coefficient (Wildman–Crippen LogP) is 2.69. The molecule has 1 aromatic carbocycles. The van der Waals surface area contributed by atoms with E-state index in [9.17, 15) is 18.8 Å². The second-order valence-electron chi connectivity index (χ2n) is 10.1. The molecule has 0 aliphatic carbocycles. The zero-order chi connectivity index (χ0) is 32.1. The Morgan fingerprint density at radius 1 is 1.16 bits per heavy atom. The van der Waals surface area contributed by atoms with Crippen LogP contribution in [-0.4, -0.2) is 94.1 Å². The van der Waals surface area contributed by atoms with Crippen molar-refractivity contribution in [2.45, 2.75) is 52.0 Å². The molecule has 1 aliphatic rings. The average molecular weight is 623 g/mol. The molecule has 14 heteroatoms. The molecular formula is C30H39FN2O11. The highest BCUT2D eigenvalue weighted by molar-refractivity contribution is 5.98. The molecule has 1 aliphatic heterocycles. The maximum Gasteiger partial charge on any atom is 0.334 e. The first-order chi connectivity index (χ1) is 21.1. The number of ether oxygens (including phenoxy) is 8. The molecule has 0 saturated carbocycles. The van der Waals surface area contributed by atoms with Gasteiger partial charge in [0, 0.05) is 25.5 Å². The molecule has 0 bridgehead atoms. The first-order valence-corrected chi connectivity index (χ1v) is 14.1. The smallest absolute Gasteiger partial charge is 0.334 e. The number of cyclic esters (lactones) is 1. The number of methoxy groups -OCH3 is 1. The molecule has 1 N–H and O–H groups in total. The van der Waals surface area contributed by atoms with E-state index < -0.39 is 54.8 Å². The normalized spacial score (nSPS) is 20.5. The fourth-order valence-corrected chi connectivity index (χ4v) is 4.04. The summed E-state index contributed by atoms with van der Waals surface area (Å²) in [5, 5.41) is 2.57. The maximum atomic E-state index is 13.5. The van der Waals surface area contributed by atoms with Crippen molar-refractivity contribution in [2.75, 3.05) is 46.9 Å². The van der Waals surface area contributed by atoms with Gasteiger partial charge in [-0.2, -0.15) is 0 Å². The first kappa shape index (κ1) is 34.5. The number of amides is 1. The number of rotatable bonds is 14. The fourth-order valence-electron chi connectivity index (χ4n) is 4.04. The van der Waals surface area contributed by atoms with E-state index in [0.29, 0.717) is 19.0 Å². The van der Waals surface area contributed by atoms with Crippen molar-refractivity contribution in [3.63, 3.8) is 0 Å². The van der Waals surface area contributed by atoms with Gasteiger partial charge in [-0.1, -0.05) is 13.8 Å². The van der Waals surface area contributed by atoms with E-state index in [1.807, 2.05) is 13.8 Å². The molecular weight excluding hydrogens is 583 g/mol. The van der Waals surface area contributed by atoms with Gasteiger partial charge in [0.05, 0.1) is 20.3 Å². The van der Waals surface area contributed by atoms with Gasteiger partial charge in [0.15, 0.2) is 29.3 Å². The number of aromatic nitrogens is 1. The van der Waals surface area contributed by atoms with Crippen LogP contribution in [0.2, 0.25) is 0 Å². The van der Waals surface area contributed by atoms with Crippen LogP contribution in [0, 0.1) is 11.7 Å². The van der Waals surface area contributed by atoms with Crippen LogP contribution >= 0.6 is 0 Å². The van der Waals surface area contributed by atoms with Gasteiger partial charge in [-0.3, -0.25) is 4.79 Å². The largest absolute Gasteiger partial charge is 0.493 e. The number of esters is 2. The minimum absolute atomic E-state index is 0.0353. The number of benzene rings is 1. The average Bonchev–Trinajstić information content (AvgIpc) is 3.04. The topological polar surface area (TPSA) is 150 Å². The van der Waals surface area contributed by atoms with Gasteiger partial charge < -0.3 is 43.2 Å². The Morgan fingerprint density at radius 2 is 1.91 bits per heavy atom. The lowest BCUT2D eigenvalue weighted by atomic mass is 10.1. The highest BCUT2D eigenvalue weighted by atomic mass is 19.1. The van der Waals surface area contributed by atoms with Crippen LogP contribution in [0.3, 0.4) is 0 Å². The number of hydrogen-bond donors (Lipinski definition) is 1. The van der Waals surface area contributed by atoms with Crippen molar-refractivity contribution >= 4 is 17.8 Å². The van der Waals surface area contributed by atoms with E-state index in [2.05, 4.69) is 10.3 Å². The molecule has 0 unspecified atom stereocenters. The lowest BCUT2D eigenvalue weighted by Gasteiger charge is -2.31. The molecule has 1 amide bonds. The van der Waals surface area contributed by atoms with Crippen molar-refractivity contribution in [1.82, 2.24) is 10.3 Å². The molecule has 0 radical (unpaired) electrons. The summed E-state index contributed by atoms with van der Waals surface area (Å²) in [5.74, 6) is -2.09. The van der Waals surface area contributed by atoms with Gasteiger partial charge in [-0.15, -0.1) is 0 Å². The lowest BCUT2D eigenvalue weighted by molar-refractivity contribution is -0.163. The van der Waals surface area contributed by atoms with Crippen molar-refractivity contribution in [1.29, 1.82) is 0 Å². The minimum atomic E-state index is -1.25. The van der Waals surface area contributed by atoms with Crippen LogP contribution in [0.1, 0.15) is 38.2 Å². The van der Waals surface area contributed by atoms with Gasteiger partial charge in [0.25, 0.3) is 5.91 Å². The quantitative estimate of drug-likeness (QED) is 0.244. The van der Waals surface area contributed by atoms with Crippen molar-refractivity contribution in [3.8, 4) is 17.2 Å². The summed E-state index contributed by atoms with van der Waals surface area (Å²) in [6, 6.07) is 5.68. The fraction of sp³-hybridized carbons (Fsp3) is 0.533. The Hall–Kier alpha value is -4.01. The summed E-state index contributed by atoms with van der Waals surface area (Å²) < 4.78 is 57.9. The molecule has 1 fully saturated rings. The van der Waals surface area contributed by atoms with Crippen LogP contribution in [0.15, 0.2) is 36.5 Å². The van der Waals surface area contributed by atoms with E-state index >= 15 is 0 Å². The Morgan fingerprint density at radius 3 is 2.59 bits per heavy atom. The van der Waals surface area contributed by atoms with E-state index in [4.69, 9.17) is 37.9 Å². The summed E-state index contributed by atoms with van der Waals surface area (Å²) in [6.07, 6.45) is -0.975. The molecule has 1 aromatic heterocycles. The number of pyridine rings is 1. The SMILES string of the molecule is CCOCC(=O)OCOc1c(OC)ccnc1C(=O)N[C@H]1COC[C@H](Oc2ccc(F)cc2)[C@@H](OCC(C)C)[C@H](C)OC1=O. The van der Waals surface area contributed by atoms with Gasteiger partial charge in [-0.25, -0.2) is 19.0 Å². The maximum absolute atomic E-state index is 13.5. The van der Waals surface area contributed by atoms with Gasteiger partial charge >= 0.3 is 11.9 Å². The van der Waals surface area contributed by atoms with Crippen molar-refractivity contribution in [3.05, 3.63) is 48.0 Å². The van der Waals surface area contributed by atoms with E-state index in [1.54, 1.807) is 13.8 Å². The standard InChI is InChI=1S/C30H39FN2O11/c1-6-38-16-25(34)41-17-42-28-23(37-5)11-12-32-26(28)29(35)33-22-14-39-15-24(44-21-9-7-20(31)8-10-21)27(40-13-18(2)3)19(4)43-30(22)36/h7-12,18-19,22,24,27H,6,13-17H2,1-5H3,(H,33,35)/t19-,22-,24-,27-/m0/s1. The predicted molar refractivity (Wildman–Crippen MR) is 152 cm³/mol. The van der Waals surface area contributed by atoms with E-state index in [1.165, 1.54) is 43.6 Å². The molecule has 4 atom stereocenters. The first-order valence-electron chi connectivity index (χ1n) is 14.1. The van der Waals surface area contributed by atoms with Crippen LogP contribution in [0.5, 0.6) is 17.2 Å². The van der Waals surface area contributed by atoms with Crippen molar-refractivity contribution < 1.29 is 56.7 Å². The van der Waals surface area contributed by atoms with E-state index in [0.717, 1.165) is 0 Å². The van der Waals surface area contributed by atoms with Crippen LogP contribution < -0.4 is 19.5 Å². The Kier molecular flexibility index (Phi) is 13.6. The number of nitrogens with one attached hydrogen (secondary N) is 1.